The van der Waals surface area contributed by atoms with Gasteiger partial charge in [-0.15, -0.1) is 0 Å². The van der Waals surface area contributed by atoms with Gasteiger partial charge in [-0.25, -0.2) is 4.79 Å². The zero-order chi connectivity index (χ0) is 16.4. The fourth-order valence-electron chi connectivity index (χ4n) is 2.96. The third kappa shape index (κ3) is 3.53. The number of benzene rings is 1. The Morgan fingerprint density at radius 2 is 2.22 bits per heavy atom. The zero-order valence-corrected chi connectivity index (χ0v) is 13.4. The van der Waals surface area contributed by atoms with E-state index in [1.54, 1.807) is 17.1 Å². The van der Waals surface area contributed by atoms with Gasteiger partial charge in [-0.2, -0.15) is 5.10 Å². The second-order valence-electron chi connectivity index (χ2n) is 6.39. The number of aromatic nitrogens is 2. The molecule has 6 heteroatoms. The van der Waals surface area contributed by atoms with Gasteiger partial charge in [0.15, 0.2) is 0 Å². The molecule has 2 amide bonds. The van der Waals surface area contributed by atoms with Crippen LogP contribution in [-0.2, 0) is 13.0 Å². The topological polar surface area (TPSA) is 79.2 Å². The Kier molecular flexibility index (Phi) is 4.34. The van der Waals surface area contributed by atoms with Crippen LogP contribution in [0.15, 0.2) is 36.7 Å². The average molecular weight is 314 g/mol. The number of hydrogen-bond acceptors (Lipinski definition) is 3. The first kappa shape index (κ1) is 15.6. The summed E-state index contributed by atoms with van der Waals surface area (Å²) >= 11 is 0. The van der Waals surface area contributed by atoms with Gasteiger partial charge in [0.1, 0.15) is 0 Å². The summed E-state index contributed by atoms with van der Waals surface area (Å²) in [5.74, 6) is 0.488. The molecule has 0 spiro atoms. The van der Waals surface area contributed by atoms with Gasteiger partial charge in [-0.1, -0.05) is 38.1 Å². The Bertz CT molecular complexity index is 695. The van der Waals surface area contributed by atoms with Crippen molar-refractivity contribution in [2.45, 2.75) is 39.0 Å². The molecule has 0 saturated carbocycles. The molecular formula is C17H22N4O2. The van der Waals surface area contributed by atoms with E-state index < -0.39 is 6.10 Å². The van der Waals surface area contributed by atoms with E-state index in [1.807, 2.05) is 24.3 Å². The van der Waals surface area contributed by atoms with Crippen molar-refractivity contribution in [3.8, 4) is 0 Å². The summed E-state index contributed by atoms with van der Waals surface area (Å²) in [5.41, 5.74) is 2.70. The van der Waals surface area contributed by atoms with Crippen molar-refractivity contribution in [1.29, 1.82) is 0 Å². The number of aliphatic hydroxyl groups excluding tert-OH is 1. The number of hydrogen-bond donors (Lipinski definition) is 3. The van der Waals surface area contributed by atoms with E-state index in [9.17, 15) is 9.90 Å². The van der Waals surface area contributed by atoms with Crippen LogP contribution in [0.4, 0.5) is 10.5 Å². The second kappa shape index (κ2) is 6.42. The Morgan fingerprint density at radius 1 is 1.43 bits per heavy atom. The van der Waals surface area contributed by atoms with Crippen LogP contribution in [0.1, 0.15) is 31.0 Å². The highest BCUT2D eigenvalue weighted by molar-refractivity contribution is 5.89. The molecule has 2 atom stereocenters. The van der Waals surface area contributed by atoms with Crippen LogP contribution in [0, 0.1) is 5.92 Å². The molecule has 0 radical (unpaired) electrons. The van der Waals surface area contributed by atoms with Crippen LogP contribution < -0.4 is 10.6 Å². The molecule has 1 aliphatic carbocycles. The van der Waals surface area contributed by atoms with E-state index in [-0.39, 0.29) is 12.1 Å². The molecule has 6 nitrogen and oxygen atoms in total. The lowest BCUT2D eigenvalue weighted by molar-refractivity contribution is 0.144. The highest BCUT2D eigenvalue weighted by Crippen LogP contribution is 2.31. The van der Waals surface area contributed by atoms with Gasteiger partial charge in [-0.3, -0.25) is 4.68 Å². The van der Waals surface area contributed by atoms with E-state index >= 15 is 0 Å². The first-order valence-corrected chi connectivity index (χ1v) is 7.89. The van der Waals surface area contributed by atoms with Gasteiger partial charge < -0.3 is 15.7 Å². The molecule has 1 heterocycles. The maximum absolute atomic E-state index is 12.2. The van der Waals surface area contributed by atoms with Crippen LogP contribution in [-0.4, -0.2) is 27.0 Å². The lowest BCUT2D eigenvalue weighted by atomic mass is 10.1. The fraction of sp³-hybridized carbons (Fsp3) is 0.412. The number of urea groups is 1. The van der Waals surface area contributed by atoms with Crippen LogP contribution in [0.25, 0.3) is 0 Å². The van der Waals surface area contributed by atoms with E-state index in [4.69, 9.17) is 0 Å². The summed E-state index contributed by atoms with van der Waals surface area (Å²) in [4.78, 5) is 12.2. The highest BCUT2D eigenvalue weighted by Gasteiger charge is 2.31. The number of fused-ring (bicyclic) bond motifs is 1. The predicted molar refractivity (Wildman–Crippen MR) is 88.1 cm³/mol. The SMILES string of the molecule is CC(C)Cn1cc(NC(=O)N[C@@H]2c3ccccc3C[C@@H]2O)cn1. The third-order valence-corrected chi connectivity index (χ3v) is 3.93. The van der Waals surface area contributed by atoms with Gasteiger partial charge in [0.05, 0.1) is 24.0 Å². The number of anilines is 1. The first-order valence-electron chi connectivity index (χ1n) is 7.89. The largest absolute Gasteiger partial charge is 0.390 e. The Balaban J connectivity index is 1.62. The van der Waals surface area contributed by atoms with Crippen molar-refractivity contribution in [3.63, 3.8) is 0 Å². The standard InChI is InChI=1S/C17H22N4O2/c1-11(2)9-21-10-13(8-18-21)19-17(23)20-16-14-6-4-3-5-12(14)7-15(16)22/h3-6,8,10-11,15-16,22H,7,9H2,1-2H3,(H2,19,20,23)/t15-,16+/m0/s1. The normalized spacial score (nSPS) is 19.7. The smallest absolute Gasteiger partial charge is 0.319 e. The molecule has 1 aromatic heterocycles. The molecule has 0 bridgehead atoms. The van der Waals surface area contributed by atoms with Crippen LogP contribution >= 0.6 is 0 Å². The first-order chi connectivity index (χ1) is 11.0. The highest BCUT2D eigenvalue weighted by atomic mass is 16.3. The van der Waals surface area contributed by atoms with Crippen molar-refractivity contribution in [2.75, 3.05) is 5.32 Å². The molecule has 122 valence electrons. The van der Waals surface area contributed by atoms with Crippen LogP contribution in [0.2, 0.25) is 0 Å². The van der Waals surface area contributed by atoms with Crippen molar-refractivity contribution in [3.05, 3.63) is 47.8 Å². The maximum atomic E-state index is 12.2. The molecule has 23 heavy (non-hydrogen) atoms. The third-order valence-electron chi connectivity index (χ3n) is 3.93. The summed E-state index contributed by atoms with van der Waals surface area (Å²) in [5, 5.41) is 20.0. The average Bonchev–Trinajstić information content (AvgIpc) is 3.03. The Labute approximate surface area is 135 Å². The summed E-state index contributed by atoms with van der Waals surface area (Å²) in [6.07, 6.45) is 3.40. The molecule has 2 aromatic rings. The van der Waals surface area contributed by atoms with E-state index in [2.05, 4.69) is 29.6 Å². The van der Waals surface area contributed by atoms with E-state index in [0.29, 0.717) is 18.0 Å². The van der Waals surface area contributed by atoms with Gasteiger partial charge in [-0.05, 0) is 17.0 Å². The van der Waals surface area contributed by atoms with Crippen LogP contribution in [0.5, 0.6) is 0 Å². The van der Waals surface area contributed by atoms with E-state index in [1.165, 1.54) is 0 Å². The zero-order valence-electron chi connectivity index (χ0n) is 13.4. The van der Waals surface area contributed by atoms with Gasteiger partial charge in [0.2, 0.25) is 0 Å². The monoisotopic (exact) mass is 314 g/mol. The van der Waals surface area contributed by atoms with Crippen molar-refractivity contribution in [1.82, 2.24) is 15.1 Å². The minimum absolute atomic E-state index is 0.338. The number of nitrogens with one attached hydrogen (secondary N) is 2. The molecule has 0 fully saturated rings. The molecule has 3 N–H and O–H groups in total. The number of carbonyl (C=O) groups is 1. The summed E-state index contributed by atoms with van der Waals surface area (Å²) in [6, 6.07) is 7.06. The summed E-state index contributed by atoms with van der Waals surface area (Å²) in [7, 11) is 0. The minimum atomic E-state index is -0.596. The van der Waals surface area contributed by atoms with Gasteiger partial charge >= 0.3 is 6.03 Å². The molecule has 0 saturated heterocycles. The van der Waals surface area contributed by atoms with Crippen molar-refractivity contribution >= 4 is 11.7 Å². The number of carbonyl (C=O) groups excluding carboxylic acids is 1. The van der Waals surface area contributed by atoms with Crippen molar-refractivity contribution in [2.24, 2.45) is 5.92 Å². The number of aliphatic hydroxyl groups is 1. The summed E-state index contributed by atoms with van der Waals surface area (Å²) < 4.78 is 1.81. The number of amides is 2. The molecule has 1 aliphatic rings. The van der Waals surface area contributed by atoms with Gasteiger partial charge in [0, 0.05) is 19.2 Å². The lowest BCUT2D eigenvalue weighted by Crippen LogP contribution is -2.36. The van der Waals surface area contributed by atoms with Crippen LogP contribution in [0.3, 0.4) is 0 Å². The molecule has 0 unspecified atom stereocenters. The molecule has 0 aliphatic heterocycles. The quantitative estimate of drug-likeness (QED) is 0.810. The molecular weight excluding hydrogens is 292 g/mol. The minimum Gasteiger partial charge on any atom is -0.390 e. The summed E-state index contributed by atoms with van der Waals surface area (Å²) in [6.45, 7) is 5.03. The second-order valence-corrected chi connectivity index (χ2v) is 6.39. The lowest BCUT2D eigenvalue weighted by Gasteiger charge is -2.18. The maximum Gasteiger partial charge on any atom is 0.319 e. The Morgan fingerprint density at radius 3 is 3.00 bits per heavy atom. The molecule has 1 aromatic carbocycles. The van der Waals surface area contributed by atoms with Crippen molar-refractivity contribution < 1.29 is 9.90 Å². The van der Waals surface area contributed by atoms with E-state index in [0.717, 1.165) is 17.7 Å². The number of nitrogens with zero attached hydrogens (tertiary/aromatic N) is 2. The number of rotatable bonds is 4. The van der Waals surface area contributed by atoms with Gasteiger partial charge in [0.25, 0.3) is 0 Å². The Hall–Kier alpha value is -2.34. The molecule has 3 rings (SSSR count). The predicted octanol–water partition coefficient (Wildman–Crippen LogP) is 2.32. The fourth-order valence-corrected chi connectivity index (χ4v) is 2.96.